The van der Waals surface area contributed by atoms with E-state index in [0.717, 1.165) is 82.6 Å². The lowest BCUT2D eigenvalue weighted by Crippen LogP contribution is -2.09. The summed E-state index contributed by atoms with van der Waals surface area (Å²) in [6, 6.07) is 53.3. The van der Waals surface area contributed by atoms with Gasteiger partial charge in [0.25, 0.3) is 0 Å². The third-order valence-electron chi connectivity index (χ3n) is 9.29. The van der Waals surface area contributed by atoms with Gasteiger partial charge in [-0.3, -0.25) is 4.98 Å². The van der Waals surface area contributed by atoms with Crippen molar-refractivity contribution in [3.05, 3.63) is 158 Å². The van der Waals surface area contributed by atoms with Gasteiger partial charge in [-0.25, -0.2) is 0 Å². The Hall–Kier alpha value is -6.39. The summed E-state index contributed by atoms with van der Waals surface area (Å²) in [5, 5.41) is 7.72. The van der Waals surface area contributed by atoms with Gasteiger partial charge >= 0.3 is 0 Å². The molecule has 0 unspecified atom stereocenters. The van der Waals surface area contributed by atoms with Crippen LogP contribution in [-0.2, 0) is 0 Å². The number of aromatic nitrogens is 1. The third kappa shape index (κ3) is 4.05. The van der Waals surface area contributed by atoms with Crippen LogP contribution in [0.5, 0.6) is 0 Å². The molecule has 0 N–H and O–H groups in total. The van der Waals surface area contributed by atoms with E-state index in [0.29, 0.717) is 0 Å². The molecule has 3 aromatic heterocycles. The van der Waals surface area contributed by atoms with E-state index < -0.39 is 0 Å². The van der Waals surface area contributed by atoms with Crippen molar-refractivity contribution < 1.29 is 8.83 Å². The van der Waals surface area contributed by atoms with E-state index >= 15 is 0 Å². The van der Waals surface area contributed by atoms with Gasteiger partial charge in [0.2, 0.25) is 0 Å². The normalized spacial score (nSPS) is 11.8. The number of anilines is 3. The highest BCUT2D eigenvalue weighted by Gasteiger charge is 2.18. The van der Waals surface area contributed by atoms with Crippen molar-refractivity contribution >= 4 is 82.6 Å². The van der Waals surface area contributed by atoms with Gasteiger partial charge in [0, 0.05) is 44.8 Å². The Morgan fingerprint density at radius 2 is 1.09 bits per heavy atom. The molecule has 4 heteroatoms. The van der Waals surface area contributed by atoms with E-state index in [1.54, 1.807) is 0 Å². The van der Waals surface area contributed by atoms with Gasteiger partial charge in [-0.15, -0.1) is 0 Å². The Balaban J connectivity index is 1.22. The van der Waals surface area contributed by atoms with Gasteiger partial charge in [-0.05, 0) is 94.0 Å². The zero-order valence-corrected chi connectivity index (χ0v) is 25.2. The van der Waals surface area contributed by atoms with Gasteiger partial charge in [-0.1, -0.05) is 84.9 Å². The van der Waals surface area contributed by atoms with Crippen molar-refractivity contribution in [1.82, 2.24) is 4.98 Å². The molecule has 0 aliphatic heterocycles. The lowest BCUT2D eigenvalue weighted by atomic mass is 9.99. The fraction of sp³-hybridized carbons (Fsp3) is 0. The molecule has 7 aromatic carbocycles. The summed E-state index contributed by atoms with van der Waals surface area (Å²) in [6.07, 6.45) is 1.82. The Morgan fingerprint density at radius 3 is 1.98 bits per heavy atom. The molecule has 0 radical (unpaired) electrons. The van der Waals surface area contributed by atoms with Crippen molar-refractivity contribution in [2.45, 2.75) is 0 Å². The van der Waals surface area contributed by atoms with Gasteiger partial charge in [-0.2, -0.15) is 0 Å². The van der Waals surface area contributed by atoms with Crippen molar-refractivity contribution in [1.29, 1.82) is 0 Å². The Labute approximate surface area is 269 Å². The first kappa shape index (κ1) is 25.9. The minimum Gasteiger partial charge on any atom is -0.456 e. The van der Waals surface area contributed by atoms with Crippen LogP contribution in [0, 0.1) is 0 Å². The third-order valence-corrected chi connectivity index (χ3v) is 9.29. The fourth-order valence-electron chi connectivity index (χ4n) is 7.05. The molecule has 0 spiro atoms. The van der Waals surface area contributed by atoms with E-state index in [2.05, 4.69) is 131 Å². The maximum Gasteiger partial charge on any atom is 0.153 e. The second kappa shape index (κ2) is 10.1. The summed E-state index contributed by atoms with van der Waals surface area (Å²) >= 11 is 0. The zero-order chi connectivity index (χ0) is 30.9. The van der Waals surface area contributed by atoms with Gasteiger partial charge < -0.3 is 13.7 Å². The van der Waals surface area contributed by atoms with Crippen LogP contribution in [0.25, 0.3) is 76.7 Å². The molecule has 0 saturated heterocycles. The molecular formula is C43H26N2O2. The van der Waals surface area contributed by atoms with E-state index in [1.165, 1.54) is 11.1 Å². The molecule has 0 aliphatic rings. The fourth-order valence-corrected chi connectivity index (χ4v) is 7.05. The first-order valence-corrected chi connectivity index (χ1v) is 15.8. The quantitative estimate of drug-likeness (QED) is 0.188. The minimum absolute atomic E-state index is 0.795. The molecule has 0 atom stereocenters. The first-order valence-electron chi connectivity index (χ1n) is 15.8. The Morgan fingerprint density at radius 1 is 0.426 bits per heavy atom. The second-order valence-electron chi connectivity index (χ2n) is 12.0. The van der Waals surface area contributed by atoms with Gasteiger partial charge in [0.1, 0.15) is 22.3 Å². The number of fused-ring (bicyclic) bond motifs is 10. The molecular weight excluding hydrogens is 576 g/mol. The van der Waals surface area contributed by atoms with Crippen molar-refractivity contribution in [3.8, 4) is 11.1 Å². The number of benzene rings is 7. The average molecular weight is 603 g/mol. The average Bonchev–Trinajstić information content (AvgIpc) is 3.70. The highest BCUT2D eigenvalue weighted by atomic mass is 16.3. The highest BCUT2D eigenvalue weighted by molar-refractivity contribution is 6.23. The maximum absolute atomic E-state index is 6.49. The molecule has 10 rings (SSSR count). The van der Waals surface area contributed by atoms with E-state index in [9.17, 15) is 0 Å². The Kier molecular flexibility index (Phi) is 5.54. The topological polar surface area (TPSA) is 42.4 Å². The number of furan rings is 2. The van der Waals surface area contributed by atoms with Crippen LogP contribution in [-0.4, -0.2) is 4.98 Å². The Bertz CT molecular complexity index is 2790. The predicted octanol–water partition coefficient (Wildman–Crippen LogP) is 12.3. The predicted molar refractivity (Wildman–Crippen MR) is 194 cm³/mol. The largest absolute Gasteiger partial charge is 0.456 e. The molecule has 3 heterocycles. The van der Waals surface area contributed by atoms with Crippen LogP contribution >= 0.6 is 0 Å². The van der Waals surface area contributed by atoms with E-state index in [-0.39, 0.29) is 0 Å². The van der Waals surface area contributed by atoms with Crippen molar-refractivity contribution in [2.24, 2.45) is 0 Å². The molecule has 0 amide bonds. The summed E-state index contributed by atoms with van der Waals surface area (Å²) in [5.74, 6) is 0. The molecule has 47 heavy (non-hydrogen) atoms. The van der Waals surface area contributed by atoms with Crippen LogP contribution in [0.15, 0.2) is 167 Å². The lowest BCUT2D eigenvalue weighted by Gasteiger charge is -2.26. The number of pyridine rings is 1. The van der Waals surface area contributed by atoms with Crippen LogP contribution < -0.4 is 4.90 Å². The van der Waals surface area contributed by atoms with E-state index in [1.807, 2.05) is 36.5 Å². The summed E-state index contributed by atoms with van der Waals surface area (Å²) in [7, 11) is 0. The molecule has 0 saturated carbocycles. The van der Waals surface area contributed by atoms with Crippen LogP contribution in [0.4, 0.5) is 17.1 Å². The number of para-hydroxylation sites is 1. The van der Waals surface area contributed by atoms with Crippen LogP contribution in [0.3, 0.4) is 0 Å². The summed E-state index contributed by atoms with van der Waals surface area (Å²) < 4.78 is 12.7. The van der Waals surface area contributed by atoms with Crippen LogP contribution in [0.1, 0.15) is 0 Å². The molecule has 0 aliphatic carbocycles. The van der Waals surface area contributed by atoms with E-state index in [4.69, 9.17) is 8.83 Å². The summed E-state index contributed by atoms with van der Waals surface area (Å²) in [4.78, 5) is 6.97. The lowest BCUT2D eigenvalue weighted by molar-refractivity contribution is 0.669. The monoisotopic (exact) mass is 602 g/mol. The maximum atomic E-state index is 6.49. The number of nitrogens with zero attached hydrogens (tertiary/aromatic N) is 2. The summed E-state index contributed by atoms with van der Waals surface area (Å²) in [5.41, 5.74) is 9.85. The summed E-state index contributed by atoms with van der Waals surface area (Å²) in [6.45, 7) is 0. The molecule has 10 aromatic rings. The molecule has 4 nitrogen and oxygen atoms in total. The van der Waals surface area contributed by atoms with Crippen molar-refractivity contribution in [3.63, 3.8) is 0 Å². The standard InChI is InChI=1S/C43H26N2O2/c1-2-7-27(8-3-1)28-14-18-31(19-15-28)45(33-21-23-39-37(26-33)34-9-4-5-10-38(34)46-39)32-20-16-29-12-13-30-17-22-35-42-40(11-6-24-44-42)47-43(35)41(30)36(29)25-32/h1-26H. The van der Waals surface area contributed by atoms with Gasteiger partial charge in [0.05, 0.1) is 0 Å². The molecule has 0 bridgehead atoms. The number of hydrogen-bond donors (Lipinski definition) is 0. The highest BCUT2D eigenvalue weighted by Crippen LogP contribution is 2.42. The number of hydrogen-bond acceptors (Lipinski definition) is 4. The zero-order valence-electron chi connectivity index (χ0n) is 25.2. The van der Waals surface area contributed by atoms with Crippen molar-refractivity contribution in [2.75, 3.05) is 4.90 Å². The van der Waals surface area contributed by atoms with Crippen LogP contribution in [0.2, 0.25) is 0 Å². The molecule has 0 fully saturated rings. The minimum atomic E-state index is 0.795. The molecule has 220 valence electrons. The first-order chi connectivity index (χ1) is 23.3. The SMILES string of the molecule is c1ccc(-c2ccc(N(c3ccc4oc5ccccc5c4c3)c3ccc4ccc5ccc6c7ncccc7oc6c5c4c3)cc2)cc1. The number of rotatable bonds is 4. The second-order valence-corrected chi connectivity index (χ2v) is 12.0. The smallest absolute Gasteiger partial charge is 0.153 e. The van der Waals surface area contributed by atoms with Gasteiger partial charge in [0.15, 0.2) is 5.58 Å².